The molecule has 26 heavy (non-hydrogen) atoms. The van der Waals surface area contributed by atoms with Gasteiger partial charge >= 0.3 is 0 Å². The Hall–Kier alpha value is -2.89. The van der Waals surface area contributed by atoms with Crippen LogP contribution in [-0.2, 0) is 24.1 Å². The van der Waals surface area contributed by atoms with Gasteiger partial charge in [0.15, 0.2) is 0 Å². The molecular formula is C20H23N3O3. The van der Waals surface area contributed by atoms with Crippen molar-refractivity contribution in [2.75, 3.05) is 6.54 Å². The molecule has 0 spiro atoms. The lowest BCUT2D eigenvalue weighted by atomic mass is 10.1. The normalized spacial score (nSPS) is 10.9. The SMILES string of the molecule is CCc1ccc(-c2nc(CC(=O)NCCc3cc(C)on3)c(C)o2)cc1. The Kier molecular flexibility index (Phi) is 5.51. The average molecular weight is 353 g/mol. The van der Waals surface area contributed by atoms with Crippen molar-refractivity contribution < 1.29 is 13.7 Å². The molecule has 0 aliphatic rings. The highest BCUT2D eigenvalue weighted by Gasteiger charge is 2.14. The molecule has 0 bridgehead atoms. The quantitative estimate of drug-likeness (QED) is 0.704. The lowest BCUT2D eigenvalue weighted by Gasteiger charge is -2.02. The van der Waals surface area contributed by atoms with Gasteiger partial charge in [-0.05, 0) is 38.0 Å². The summed E-state index contributed by atoms with van der Waals surface area (Å²) in [4.78, 5) is 16.6. The van der Waals surface area contributed by atoms with E-state index in [4.69, 9.17) is 8.94 Å². The Balaban J connectivity index is 1.57. The summed E-state index contributed by atoms with van der Waals surface area (Å²) in [6.45, 7) is 6.30. The number of hydrogen-bond acceptors (Lipinski definition) is 5. The fourth-order valence-electron chi connectivity index (χ4n) is 2.68. The minimum Gasteiger partial charge on any atom is -0.441 e. The molecule has 0 aliphatic heterocycles. The molecule has 0 unspecified atom stereocenters. The molecule has 3 aromatic rings. The second-order valence-corrected chi connectivity index (χ2v) is 6.28. The standard InChI is InChI=1S/C20H23N3O3/c1-4-15-5-7-16(8-6-15)20-22-18(14(3)25-20)12-19(24)21-10-9-17-11-13(2)26-23-17/h5-8,11H,4,9-10,12H2,1-3H3,(H,21,24). The van der Waals surface area contributed by atoms with Crippen LogP contribution in [0.1, 0.15) is 35.4 Å². The zero-order valence-electron chi connectivity index (χ0n) is 15.3. The molecule has 0 fully saturated rings. The van der Waals surface area contributed by atoms with Crippen LogP contribution in [0.25, 0.3) is 11.5 Å². The maximum absolute atomic E-state index is 12.2. The van der Waals surface area contributed by atoms with E-state index in [1.165, 1.54) is 5.56 Å². The predicted molar refractivity (Wildman–Crippen MR) is 97.7 cm³/mol. The number of aryl methyl sites for hydroxylation is 3. The molecule has 1 N–H and O–H groups in total. The Morgan fingerprint density at radius 2 is 1.96 bits per heavy atom. The van der Waals surface area contributed by atoms with Crippen LogP contribution in [-0.4, -0.2) is 22.6 Å². The van der Waals surface area contributed by atoms with Crippen LogP contribution in [0, 0.1) is 13.8 Å². The van der Waals surface area contributed by atoms with Gasteiger partial charge in [-0.3, -0.25) is 4.79 Å². The van der Waals surface area contributed by atoms with Gasteiger partial charge < -0.3 is 14.3 Å². The Labute approximate surface area is 152 Å². The highest BCUT2D eigenvalue weighted by molar-refractivity contribution is 5.78. The number of oxazole rings is 1. The van der Waals surface area contributed by atoms with Crippen molar-refractivity contribution in [1.82, 2.24) is 15.5 Å². The summed E-state index contributed by atoms with van der Waals surface area (Å²) in [5.41, 5.74) is 3.67. The van der Waals surface area contributed by atoms with Crippen molar-refractivity contribution in [1.29, 1.82) is 0 Å². The van der Waals surface area contributed by atoms with Gasteiger partial charge in [0.05, 0.1) is 17.8 Å². The fraction of sp³-hybridized carbons (Fsp3) is 0.350. The van der Waals surface area contributed by atoms with Crippen LogP contribution in [0.5, 0.6) is 0 Å². The van der Waals surface area contributed by atoms with Gasteiger partial charge in [-0.2, -0.15) is 0 Å². The molecule has 0 saturated heterocycles. The molecule has 0 saturated carbocycles. The Morgan fingerprint density at radius 1 is 1.19 bits per heavy atom. The number of nitrogens with one attached hydrogen (secondary N) is 1. The highest BCUT2D eigenvalue weighted by atomic mass is 16.5. The highest BCUT2D eigenvalue weighted by Crippen LogP contribution is 2.22. The van der Waals surface area contributed by atoms with Crippen molar-refractivity contribution >= 4 is 5.91 Å². The number of benzene rings is 1. The molecule has 1 amide bonds. The van der Waals surface area contributed by atoms with Crippen LogP contribution in [0.15, 0.2) is 39.3 Å². The zero-order chi connectivity index (χ0) is 18.5. The summed E-state index contributed by atoms with van der Waals surface area (Å²) in [5, 5.41) is 6.78. The molecule has 6 heteroatoms. The second kappa shape index (κ2) is 7.99. The van der Waals surface area contributed by atoms with Crippen molar-refractivity contribution in [3.05, 3.63) is 58.8 Å². The summed E-state index contributed by atoms with van der Waals surface area (Å²) in [5.74, 6) is 1.89. The topological polar surface area (TPSA) is 81.2 Å². The first-order chi connectivity index (χ1) is 12.5. The van der Waals surface area contributed by atoms with E-state index < -0.39 is 0 Å². The number of amides is 1. The molecule has 0 aliphatic carbocycles. The first-order valence-corrected chi connectivity index (χ1v) is 8.79. The summed E-state index contributed by atoms with van der Waals surface area (Å²) < 4.78 is 10.7. The first kappa shape index (κ1) is 17.9. The van der Waals surface area contributed by atoms with Gasteiger partial charge in [0.2, 0.25) is 11.8 Å². The van der Waals surface area contributed by atoms with Gasteiger partial charge in [0.1, 0.15) is 11.5 Å². The van der Waals surface area contributed by atoms with Crippen LogP contribution in [0.3, 0.4) is 0 Å². The minimum atomic E-state index is -0.0884. The zero-order valence-corrected chi connectivity index (χ0v) is 15.3. The molecule has 3 rings (SSSR count). The van der Waals surface area contributed by atoms with Crippen molar-refractivity contribution in [2.45, 2.75) is 40.0 Å². The van der Waals surface area contributed by atoms with Gasteiger partial charge in [0, 0.05) is 24.6 Å². The van der Waals surface area contributed by atoms with Crippen LogP contribution in [0.2, 0.25) is 0 Å². The Bertz CT molecular complexity index is 878. The van der Waals surface area contributed by atoms with E-state index >= 15 is 0 Å². The molecular weight excluding hydrogens is 330 g/mol. The number of carbonyl (C=O) groups is 1. The first-order valence-electron chi connectivity index (χ1n) is 8.79. The molecule has 136 valence electrons. The smallest absolute Gasteiger partial charge is 0.226 e. The van der Waals surface area contributed by atoms with Crippen LogP contribution in [0.4, 0.5) is 0 Å². The molecule has 6 nitrogen and oxygen atoms in total. The van der Waals surface area contributed by atoms with E-state index in [1.54, 1.807) is 0 Å². The van der Waals surface area contributed by atoms with E-state index in [1.807, 2.05) is 32.0 Å². The number of carbonyl (C=O) groups excluding carboxylic acids is 1. The number of nitrogens with zero attached hydrogens (tertiary/aromatic N) is 2. The number of rotatable bonds is 7. The minimum absolute atomic E-state index is 0.0884. The second-order valence-electron chi connectivity index (χ2n) is 6.28. The molecule has 1 aromatic carbocycles. The van der Waals surface area contributed by atoms with Gasteiger partial charge in [-0.1, -0.05) is 24.2 Å². The average Bonchev–Trinajstić information content (AvgIpc) is 3.21. The Morgan fingerprint density at radius 3 is 2.62 bits per heavy atom. The fourth-order valence-corrected chi connectivity index (χ4v) is 2.68. The summed E-state index contributed by atoms with van der Waals surface area (Å²) in [6.07, 6.45) is 1.82. The molecule has 0 radical (unpaired) electrons. The van der Waals surface area contributed by atoms with E-state index in [0.717, 1.165) is 23.4 Å². The third kappa shape index (κ3) is 4.39. The lowest BCUT2D eigenvalue weighted by molar-refractivity contribution is -0.120. The van der Waals surface area contributed by atoms with E-state index in [-0.39, 0.29) is 12.3 Å². The molecule has 0 atom stereocenters. The monoisotopic (exact) mass is 353 g/mol. The third-order valence-corrected chi connectivity index (χ3v) is 4.21. The van der Waals surface area contributed by atoms with Crippen LogP contribution < -0.4 is 5.32 Å². The van der Waals surface area contributed by atoms with Crippen molar-refractivity contribution in [3.8, 4) is 11.5 Å². The predicted octanol–water partition coefficient (Wildman–Crippen LogP) is 3.41. The summed E-state index contributed by atoms with van der Waals surface area (Å²) in [6, 6.07) is 9.98. The summed E-state index contributed by atoms with van der Waals surface area (Å²) >= 11 is 0. The number of aromatic nitrogens is 2. The summed E-state index contributed by atoms with van der Waals surface area (Å²) in [7, 11) is 0. The largest absolute Gasteiger partial charge is 0.441 e. The van der Waals surface area contributed by atoms with Gasteiger partial charge in [0.25, 0.3) is 0 Å². The van der Waals surface area contributed by atoms with Crippen LogP contribution >= 0.6 is 0 Å². The molecule has 2 aromatic heterocycles. The lowest BCUT2D eigenvalue weighted by Crippen LogP contribution is -2.27. The molecule has 2 heterocycles. The number of hydrogen-bond donors (Lipinski definition) is 1. The van der Waals surface area contributed by atoms with E-state index in [0.29, 0.717) is 30.3 Å². The maximum atomic E-state index is 12.2. The van der Waals surface area contributed by atoms with Gasteiger partial charge in [-0.25, -0.2) is 4.98 Å². The van der Waals surface area contributed by atoms with Crippen molar-refractivity contribution in [2.24, 2.45) is 0 Å². The van der Waals surface area contributed by atoms with E-state index in [9.17, 15) is 4.79 Å². The third-order valence-electron chi connectivity index (χ3n) is 4.21. The van der Waals surface area contributed by atoms with Crippen molar-refractivity contribution in [3.63, 3.8) is 0 Å². The van der Waals surface area contributed by atoms with Gasteiger partial charge in [-0.15, -0.1) is 0 Å². The maximum Gasteiger partial charge on any atom is 0.226 e. The van der Waals surface area contributed by atoms with E-state index in [2.05, 4.69) is 34.5 Å².